The van der Waals surface area contributed by atoms with E-state index in [1.54, 1.807) is 25.1 Å². The topological polar surface area (TPSA) is 71.5 Å². The summed E-state index contributed by atoms with van der Waals surface area (Å²) in [5.74, 6) is -0.369. The van der Waals surface area contributed by atoms with Crippen molar-refractivity contribution in [2.75, 3.05) is 33.9 Å². The molecule has 0 spiro atoms. The van der Waals surface area contributed by atoms with E-state index in [1.807, 2.05) is 0 Å². The molecule has 0 aromatic carbocycles. The van der Waals surface area contributed by atoms with Crippen LogP contribution in [-0.2, 0) is 4.74 Å². The van der Waals surface area contributed by atoms with Crippen molar-refractivity contribution in [2.24, 2.45) is 0 Å². The number of hydrogen-bond acceptors (Lipinski definition) is 4. The lowest BCUT2D eigenvalue weighted by Crippen LogP contribution is -2.29. The molecular weight excluding hydrogens is 282 g/mol. The summed E-state index contributed by atoms with van der Waals surface area (Å²) in [5, 5.41) is 2.76. The van der Waals surface area contributed by atoms with Crippen molar-refractivity contribution in [2.45, 2.75) is 26.2 Å². The van der Waals surface area contributed by atoms with E-state index < -0.39 is 0 Å². The Kier molecular flexibility index (Phi) is 8.14. The van der Waals surface area contributed by atoms with E-state index in [-0.39, 0.29) is 17.5 Å². The predicted molar refractivity (Wildman–Crippen MR) is 84.9 cm³/mol. The highest BCUT2D eigenvalue weighted by atomic mass is 16.5. The molecule has 0 saturated heterocycles. The van der Waals surface area contributed by atoms with Gasteiger partial charge >= 0.3 is 0 Å². The number of unbranched alkanes of at least 4 members (excludes halogenated alkanes) is 1. The molecule has 1 aromatic rings. The highest BCUT2D eigenvalue weighted by Gasteiger charge is 2.14. The van der Waals surface area contributed by atoms with Gasteiger partial charge < -0.3 is 15.0 Å². The zero-order chi connectivity index (χ0) is 16.4. The lowest BCUT2D eigenvalue weighted by molar-refractivity contribution is 0.0793. The Balaban J connectivity index is 2.64. The van der Waals surface area contributed by atoms with Crippen LogP contribution in [0.2, 0.25) is 0 Å². The lowest BCUT2D eigenvalue weighted by atomic mass is 10.2. The first-order chi connectivity index (χ1) is 10.6. The fourth-order valence-electron chi connectivity index (χ4n) is 1.91. The summed E-state index contributed by atoms with van der Waals surface area (Å²) in [4.78, 5) is 30.0. The first kappa shape index (κ1) is 18.1. The molecule has 0 aliphatic heterocycles. The van der Waals surface area contributed by atoms with Crippen LogP contribution in [0.1, 0.15) is 47.0 Å². The van der Waals surface area contributed by atoms with Crippen LogP contribution in [0.3, 0.4) is 0 Å². The third kappa shape index (κ3) is 5.81. The largest absolute Gasteiger partial charge is 0.385 e. The van der Waals surface area contributed by atoms with Gasteiger partial charge in [-0.1, -0.05) is 13.3 Å². The molecular formula is C16H25N3O3. The van der Waals surface area contributed by atoms with Crippen LogP contribution in [0.5, 0.6) is 0 Å². The molecule has 0 aliphatic rings. The quantitative estimate of drug-likeness (QED) is 0.705. The number of methoxy groups -OCH3 is 1. The molecule has 122 valence electrons. The van der Waals surface area contributed by atoms with Gasteiger partial charge in [-0.15, -0.1) is 0 Å². The van der Waals surface area contributed by atoms with Crippen molar-refractivity contribution in [1.29, 1.82) is 0 Å². The van der Waals surface area contributed by atoms with Crippen LogP contribution in [0.4, 0.5) is 0 Å². The molecule has 0 atom stereocenters. The second-order valence-electron chi connectivity index (χ2n) is 5.11. The fraction of sp³-hybridized carbons (Fsp3) is 0.562. The summed E-state index contributed by atoms with van der Waals surface area (Å²) in [6.45, 7) is 3.89. The smallest absolute Gasteiger partial charge is 0.269 e. The normalized spacial score (nSPS) is 10.3. The Bertz CT molecular complexity index is 491. The molecule has 1 heterocycles. The van der Waals surface area contributed by atoms with E-state index in [1.165, 1.54) is 12.3 Å². The van der Waals surface area contributed by atoms with Crippen LogP contribution in [0.25, 0.3) is 0 Å². The molecule has 6 heteroatoms. The van der Waals surface area contributed by atoms with E-state index in [0.29, 0.717) is 25.3 Å². The number of aromatic nitrogens is 1. The third-order valence-electron chi connectivity index (χ3n) is 3.24. The van der Waals surface area contributed by atoms with Gasteiger partial charge in [-0.25, -0.2) is 0 Å². The molecule has 0 fully saturated rings. The van der Waals surface area contributed by atoms with Gasteiger partial charge in [0.15, 0.2) is 0 Å². The van der Waals surface area contributed by atoms with Gasteiger partial charge in [0.1, 0.15) is 5.69 Å². The van der Waals surface area contributed by atoms with Gasteiger partial charge in [-0.3, -0.25) is 14.6 Å². The number of carbonyl (C=O) groups excluding carboxylic acids is 2. The minimum Gasteiger partial charge on any atom is -0.385 e. The predicted octanol–water partition coefficient (Wildman–Crippen LogP) is 1.72. The van der Waals surface area contributed by atoms with E-state index >= 15 is 0 Å². The minimum absolute atomic E-state index is 0.0933. The molecule has 6 nitrogen and oxygen atoms in total. The molecule has 0 bridgehead atoms. The van der Waals surface area contributed by atoms with E-state index in [2.05, 4.69) is 17.2 Å². The molecule has 0 aliphatic carbocycles. The maximum Gasteiger partial charge on any atom is 0.269 e. The van der Waals surface area contributed by atoms with E-state index in [4.69, 9.17) is 4.74 Å². The summed E-state index contributed by atoms with van der Waals surface area (Å²) in [7, 11) is 3.39. The summed E-state index contributed by atoms with van der Waals surface area (Å²) >= 11 is 0. The molecule has 22 heavy (non-hydrogen) atoms. The lowest BCUT2D eigenvalue weighted by Gasteiger charge is -2.16. The van der Waals surface area contributed by atoms with Crippen molar-refractivity contribution >= 4 is 11.8 Å². The van der Waals surface area contributed by atoms with Gasteiger partial charge in [0.05, 0.1) is 0 Å². The number of amides is 2. The zero-order valence-electron chi connectivity index (χ0n) is 13.6. The molecule has 0 saturated carbocycles. The van der Waals surface area contributed by atoms with Crippen LogP contribution in [0, 0.1) is 0 Å². The monoisotopic (exact) mass is 307 g/mol. The first-order valence-corrected chi connectivity index (χ1v) is 7.58. The Hall–Kier alpha value is -1.95. The van der Waals surface area contributed by atoms with Crippen LogP contribution < -0.4 is 5.32 Å². The number of rotatable bonds is 9. The van der Waals surface area contributed by atoms with Crippen molar-refractivity contribution < 1.29 is 14.3 Å². The van der Waals surface area contributed by atoms with Crippen molar-refractivity contribution in [3.05, 3.63) is 29.6 Å². The summed E-state index contributed by atoms with van der Waals surface area (Å²) in [6.07, 6.45) is 4.22. The second-order valence-corrected chi connectivity index (χ2v) is 5.11. The van der Waals surface area contributed by atoms with Crippen molar-refractivity contribution in [1.82, 2.24) is 15.2 Å². The molecule has 1 rings (SSSR count). The zero-order valence-corrected chi connectivity index (χ0v) is 13.6. The van der Waals surface area contributed by atoms with Crippen LogP contribution >= 0.6 is 0 Å². The highest BCUT2D eigenvalue weighted by molar-refractivity contribution is 5.98. The fourth-order valence-corrected chi connectivity index (χ4v) is 1.91. The molecule has 0 radical (unpaired) electrons. The van der Waals surface area contributed by atoms with Gasteiger partial charge in [0.2, 0.25) is 0 Å². The van der Waals surface area contributed by atoms with E-state index in [0.717, 1.165) is 19.3 Å². The Labute approximate surface area is 131 Å². The molecule has 1 N–H and O–H groups in total. The number of nitrogens with zero attached hydrogens (tertiary/aromatic N) is 2. The Morgan fingerprint density at radius 1 is 1.36 bits per heavy atom. The summed E-state index contributed by atoms with van der Waals surface area (Å²) < 4.78 is 4.92. The number of nitrogens with one attached hydrogen (secondary N) is 1. The average Bonchev–Trinajstić information content (AvgIpc) is 2.55. The van der Waals surface area contributed by atoms with Gasteiger partial charge in [0, 0.05) is 45.6 Å². The van der Waals surface area contributed by atoms with E-state index in [9.17, 15) is 9.59 Å². The SMILES string of the molecule is CCCCN(C)C(=O)c1ccnc(C(=O)NCCCOC)c1. The van der Waals surface area contributed by atoms with Gasteiger partial charge in [0.25, 0.3) is 11.8 Å². The van der Waals surface area contributed by atoms with Gasteiger partial charge in [-0.2, -0.15) is 0 Å². The highest BCUT2D eigenvalue weighted by Crippen LogP contribution is 2.06. The van der Waals surface area contributed by atoms with Gasteiger partial charge in [-0.05, 0) is 25.0 Å². The van der Waals surface area contributed by atoms with Crippen molar-refractivity contribution in [3.63, 3.8) is 0 Å². The average molecular weight is 307 g/mol. The Morgan fingerprint density at radius 3 is 2.82 bits per heavy atom. The molecule has 2 amide bonds. The summed E-state index contributed by atoms with van der Waals surface area (Å²) in [5.41, 5.74) is 0.739. The standard InChI is InChI=1S/C16H25N3O3/c1-4-5-10-19(2)16(21)13-7-9-17-14(12-13)15(20)18-8-6-11-22-3/h7,9,12H,4-6,8,10-11H2,1-3H3,(H,18,20). The molecule has 0 unspecified atom stereocenters. The van der Waals surface area contributed by atoms with Crippen LogP contribution in [-0.4, -0.2) is 55.6 Å². The molecule has 1 aromatic heterocycles. The maximum absolute atomic E-state index is 12.3. The number of ether oxygens (including phenoxy) is 1. The second kappa shape index (κ2) is 9.89. The number of pyridine rings is 1. The minimum atomic E-state index is -0.276. The summed E-state index contributed by atoms with van der Waals surface area (Å²) in [6, 6.07) is 3.17. The number of carbonyl (C=O) groups is 2. The maximum atomic E-state index is 12.3. The Morgan fingerprint density at radius 2 is 2.14 bits per heavy atom. The first-order valence-electron chi connectivity index (χ1n) is 7.58. The van der Waals surface area contributed by atoms with Crippen molar-refractivity contribution in [3.8, 4) is 0 Å². The number of hydrogen-bond donors (Lipinski definition) is 1. The third-order valence-corrected chi connectivity index (χ3v) is 3.24. The van der Waals surface area contributed by atoms with Crippen LogP contribution in [0.15, 0.2) is 18.3 Å².